The van der Waals surface area contributed by atoms with Crippen molar-refractivity contribution in [3.63, 3.8) is 0 Å². The number of rotatable bonds is 5. The molecule has 1 saturated carbocycles. The molecule has 9 nitrogen and oxygen atoms in total. The molecule has 24 heavy (non-hydrogen) atoms. The first-order chi connectivity index (χ1) is 11.6. The molecule has 0 saturated heterocycles. The third kappa shape index (κ3) is 2.49. The van der Waals surface area contributed by atoms with Crippen LogP contribution in [0, 0.1) is 10.1 Å². The molecule has 122 valence electrons. The van der Waals surface area contributed by atoms with Gasteiger partial charge in [-0.1, -0.05) is 12.1 Å². The summed E-state index contributed by atoms with van der Waals surface area (Å²) in [6.07, 6.45) is 3.40. The molecular formula is C15H15N7O2. The predicted molar refractivity (Wildman–Crippen MR) is 88.4 cm³/mol. The Hall–Kier alpha value is -3.23. The summed E-state index contributed by atoms with van der Waals surface area (Å²) in [5.74, 6) is 0.972. The molecule has 0 unspecified atom stereocenters. The van der Waals surface area contributed by atoms with Crippen LogP contribution < -0.4 is 11.1 Å². The van der Waals surface area contributed by atoms with Crippen molar-refractivity contribution in [2.75, 3.05) is 11.1 Å². The minimum atomic E-state index is -0.606. The first kappa shape index (κ1) is 14.4. The second-order valence-corrected chi connectivity index (χ2v) is 5.69. The lowest BCUT2D eigenvalue weighted by Gasteiger charge is -2.09. The van der Waals surface area contributed by atoms with E-state index in [9.17, 15) is 10.1 Å². The molecule has 1 aromatic carbocycles. The Morgan fingerprint density at radius 3 is 2.83 bits per heavy atom. The van der Waals surface area contributed by atoms with Gasteiger partial charge < -0.3 is 15.6 Å². The molecule has 0 radical (unpaired) electrons. The summed E-state index contributed by atoms with van der Waals surface area (Å²) in [4.78, 5) is 22.7. The van der Waals surface area contributed by atoms with Gasteiger partial charge >= 0.3 is 5.69 Å². The maximum atomic E-state index is 10.8. The van der Waals surface area contributed by atoms with E-state index in [4.69, 9.17) is 5.73 Å². The average molecular weight is 325 g/mol. The van der Waals surface area contributed by atoms with E-state index in [-0.39, 0.29) is 17.5 Å². The smallest absolute Gasteiger partial charge is 0.329 e. The number of hydrogen-bond donors (Lipinski definition) is 2. The third-order valence-corrected chi connectivity index (χ3v) is 3.98. The van der Waals surface area contributed by atoms with Gasteiger partial charge in [-0.25, -0.2) is 9.97 Å². The molecule has 0 aliphatic heterocycles. The maximum Gasteiger partial charge on any atom is 0.329 e. The quantitative estimate of drug-likeness (QED) is 0.544. The van der Waals surface area contributed by atoms with Crippen LogP contribution in [-0.2, 0) is 6.54 Å². The van der Waals surface area contributed by atoms with Crippen LogP contribution in [-0.4, -0.2) is 24.4 Å². The summed E-state index contributed by atoms with van der Waals surface area (Å²) in [6, 6.07) is 8.49. The predicted octanol–water partition coefficient (Wildman–Crippen LogP) is 2.26. The molecule has 0 bridgehead atoms. The lowest BCUT2D eigenvalue weighted by molar-refractivity contribution is -0.384. The molecule has 0 amide bonds. The SMILES string of the molecule is Nc1nc(NCc2nc3ccccc3n2C2CC2)ncc1[N+](=O)[O-]. The summed E-state index contributed by atoms with van der Waals surface area (Å²) >= 11 is 0. The largest absolute Gasteiger partial charge is 0.378 e. The van der Waals surface area contributed by atoms with Crippen LogP contribution in [0.15, 0.2) is 30.5 Å². The van der Waals surface area contributed by atoms with E-state index in [1.807, 2.05) is 18.2 Å². The van der Waals surface area contributed by atoms with Gasteiger partial charge in [0.25, 0.3) is 0 Å². The van der Waals surface area contributed by atoms with Crippen molar-refractivity contribution in [2.24, 2.45) is 0 Å². The highest BCUT2D eigenvalue weighted by atomic mass is 16.6. The lowest BCUT2D eigenvalue weighted by atomic mass is 10.3. The van der Waals surface area contributed by atoms with Crippen molar-refractivity contribution in [3.05, 3.63) is 46.4 Å². The number of nitrogen functional groups attached to an aromatic ring is 1. The molecule has 2 heterocycles. The normalized spacial score (nSPS) is 14.0. The van der Waals surface area contributed by atoms with Crippen molar-refractivity contribution in [2.45, 2.75) is 25.4 Å². The van der Waals surface area contributed by atoms with Gasteiger partial charge in [-0.2, -0.15) is 4.98 Å². The van der Waals surface area contributed by atoms with Gasteiger partial charge in [0.1, 0.15) is 12.0 Å². The Labute approximate surface area is 136 Å². The minimum Gasteiger partial charge on any atom is -0.378 e. The first-order valence-electron chi connectivity index (χ1n) is 7.60. The Bertz CT molecular complexity index is 933. The van der Waals surface area contributed by atoms with Crippen LogP contribution in [0.25, 0.3) is 11.0 Å². The number of aromatic nitrogens is 4. The third-order valence-electron chi connectivity index (χ3n) is 3.98. The van der Waals surface area contributed by atoms with Crippen molar-refractivity contribution in [1.29, 1.82) is 0 Å². The fraction of sp³-hybridized carbons (Fsp3) is 0.267. The van der Waals surface area contributed by atoms with E-state index in [2.05, 4.69) is 30.9 Å². The Morgan fingerprint density at radius 2 is 2.12 bits per heavy atom. The van der Waals surface area contributed by atoms with E-state index in [1.54, 1.807) is 0 Å². The monoisotopic (exact) mass is 325 g/mol. The average Bonchev–Trinajstić information content (AvgIpc) is 3.33. The van der Waals surface area contributed by atoms with Crippen molar-refractivity contribution in [3.8, 4) is 0 Å². The number of anilines is 2. The minimum absolute atomic E-state index is 0.159. The van der Waals surface area contributed by atoms with E-state index in [0.717, 1.165) is 35.9 Å². The summed E-state index contributed by atoms with van der Waals surface area (Å²) in [5.41, 5.74) is 7.35. The number of para-hydroxylation sites is 2. The Kier molecular flexibility index (Phi) is 3.26. The molecule has 1 fully saturated rings. The van der Waals surface area contributed by atoms with E-state index in [1.165, 1.54) is 0 Å². The zero-order chi connectivity index (χ0) is 16.7. The zero-order valence-electron chi connectivity index (χ0n) is 12.7. The molecule has 3 N–H and O–H groups in total. The highest BCUT2D eigenvalue weighted by Gasteiger charge is 2.28. The number of benzene rings is 1. The summed E-state index contributed by atoms with van der Waals surface area (Å²) in [5, 5.41) is 13.8. The molecule has 4 rings (SSSR count). The summed E-state index contributed by atoms with van der Waals surface area (Å²) in [6.45, 7) is 0.419. The Balaban J connectivity index is 1.60. The van der Waals surface area contributed by atoms with Crippen LogP contribution in [0.2, 0.25) is 0 Å². The van der Waals surface area contributed by atoms with E-state index < -0.39 is 4.92 Å². The van der Waals surface area contributed by atoms with Gasteiger partial charge in [0.2, 0.25) is 11.8 Å². The first-order valence-corrected chi connectivity index (χ1v) is 7.60. The van der Waals surface area contributed by atoms with E-state index in [0.29, 0.717) is 12.6 Å². The molecule has 0 atom stereocenters. The molecule has 9 heteroatoms. The van der Waals surface area contributed by atoms with Gasteiger partial charge in [-0.3, -0.25) is 10.1 Å². The summed E-state index contributed by atoms with van der Waals surface area (Å²) < 4.78 is 2.23. The van der Waals surface area contributed by atoms with Gasteiger partial charge in [-0.05, 0) is 25.0 Å². The number of hydrogen-bond acceptors (Lipinski definition) is 7. The number of nitrogens with two attached hydrogens (primary N) is 1. The molecule has 2 aromatic heterocycles. The highest BCUT2D eigenvalue weighted by molar-refractivity contribution is 5.76. The molecule has 1 aliphatic rings. The van der Waals surface area contributed by atoms with Gasteiger partial charge in [-0.15, -0.1) is 0 Å². The number of nitrogens with zero attached hydrogens (tertiary/aromatic N) is 5. The van der Waals surface area contributed by atoms with Crippen molar-refractivity contribution < 1.29 is 4.92 Å². The summed E-state index contributed by atoms with van der Waals surface area (Å²) in [7, 11) is 0. The zero-order valence-corrected chi connectivity index (χ0v) is 12.7. The highest BCUT2D eigenvalue weighted by Crippen LogP contribution is 2.38. The maximum absolute atomic E-state index is 10.8. The fourth-order valence-corrected chi connectivity index (χ4v) is 2.73. The van der Waals surface area contributed by atoms with Crippen LogP contribution in [0.3, 0.4) is 0 Å². The number of nitro groups is 1. The van der Waals surface area contributed by atoms with Crippen LogP contribution in [0.5, 0.6) is 0 Å². The Morgan fingerprint density at radius 1 is 1.33 bits per heavy atom. The molecule has 1 aliphatic carbocycles. The van der Waals surface area contributed by atoms with Crippen molar-refractivity contribution in [1.82, 2.24) is 19.5 Å². The number of imidazole rings is 1. The second-order valence-electron chi connectivity index (χ2n) is 5.69. The van der Waals surface area contributed by atoms with Crippen molar-refractivity contribution >= 4 is 28.5 Å². The molecule has 3 aromatic rings. The lowest BCUT2D eigenvalue weighted by Crippen LogP contribution is -2.11. The van der Waals surface area contributed by atoms with Gasteiger partial charge in [0.05, 0.1) is 22.5 Å². The second kappa shape index (κ2) is 5.44. The molecular weight excluding hydrogens is 310 g/mol. The van der Waals surface area contributed by atoms with Crippen LogP contribution in [0.4, 0.5) is 17.5 Å². The number of fused-ring (bicyclic) bond motifs is 1. The van der Waals surface area contributed by atoms with Crippen LogP contribution in [0.1, 0.15) is 24.7 Å². The topological polar surface area (TPSA) is 125 Å². The standard InChI is InChI=1S/C15H15N7O2/c16-14-12(22(23)24)7-17-15(20-14)18-8-13-19-10-3-1-2-4-11(10)21(13)9-5-6-9/h1-4,7,9H,5-6,8H2,(H3,16,17,18,20). The molecule has 0 spiro atoms. The van der Waals surface area contributed by atoms with Gasteiger partial charge in [0.15, 0.2) is 0 Å². The van der Waals surface area contributed by atoms with Crippen LogP contribution >= 0.6 is 0 Å². The fourth-order valence-electron chi connectivity index (χ4n) is 2.73. The van der Waals surface area contributed by atoms with E-state index >= 15 is 0 Å². The van der Waals surface area contributed by atoms with Gasteiger partial charge in [0, 0.05) is 6.04 Å². The number of nitrogens with one attached hydrogen (secondary N) is 1.